The Morgan fingerprint density at radius 3 is 2.80 bits per heavy atom. The van der Waals surface area contributed by atoms with Crippen molar-refractivity contribution in [2.75, 3.05) is 12.8 Å². The van der Waals surface area contributed by atoms with Gasteiger partial charge in [0.15, 0.2) is 5.82 Å². The van der Waals surface area contributed by atoms with Gasteiger partial charge in [0.25, 0.3) is 0 Å². The van der Waals surface area contributed by atoms with Crippen molar-refractivity contribution in [3.63, 3.8) is 0 Å². The predicted octanol–water partition coefficient (Wildman–Crippen LogP) is 3.69. The van der Waals surface area contributed by atoms with Gasteiger partial charge in [0.2, 0.25) is 0 Å². The predicted molar refractivity (Wildman–Crippen MR) is 82.3 cm³/mol. The topological polar surface area (TPSA) is 53.1 Å². The van der Waals surface area contributed by atoms with E-state index in [2.05, 4.69) is 16.7 Å². The number of nitrogen functional groups attached to an aromatic ring is 1. The average molecular weight is 285 g/mol. The highest BCUT2D eigenvalue weighted by molar-refractivity contribution is 7.19. The van der Waals surface area contributed by atoms with Gasteiger partial charge in [-0.05, 0) is 37.1 Å². The summed E-state index contributed by atoms with van der Waals surface area (Å²) in [6, 6.07) is 10.7. The molecule has 3 aromatic rings. The fourth-order valence-electron chi connectivity index (χ4n) is 2.55. The normalized spacial score (nSPS) is 14.8. The third-order valence-corrected chi connectivity index (χ3v) is 4.57. The third-order valence-electron chi connectivity index (χ3n) is 3.66. The molecule has 5 heteroatoms. The molecule has 0 atom stereocenters. The summed E-state index contributed by atoms with van der Waals surface area (Å²) in [7, 11) is 1.68. The summed E-state index contributed by atoms with van der Waals surface area (Å²) in [5.74, 6) is 1.87. The van der Waals surface area contributed by atoms with Crippen molar-refractivity contribution < 1.29 is 4.74 Å². The van der Waals surface area contributed by atoms with Crippen LogP contribution in [0.15, 0.2) is 30.3 Å². The molecule has 4 nitrogen and oxygen atoms in total. The van der Waals surface area contributed by atoms with E-state index in [0.29, 0.717) is 6.04 Å². The lowest BCUT2D eigenvalue weighted by Crippen LogP contribution is -1.96. The van der Waals surface area contributed by atoms with Gasteiger partial charge in [0.05, 0.1) is 28.0 Å². The fourth-order valence-corrected chi connectivity index (χ4v) is 3.32. The number of nitrogens with zero attached hydrogens (tertiary/aromatic N) is 2. The van der Waals surface area contributed by atoms with Gasteiger partial charge in [0.1, 0.15) is 5.75 Å². The molecule has 102 valence electrons. The minimum absolute atomic E-state index is 0.576. The molecule has 0 radical (unpaired) electrons. The Kier molecular flexibility index (Phi) is 2.50. The highest BCUT2D eigenvalue weighted by atomic mass is 32.1. The van der Waals surface area contributed by atoms with Crippen molar-refractivity contribution in [2.45, 2.75) is 18.9 Å². The molecule has 2 aromatic heterocycles. The quantitative estimate of drug-likeness (QED) is 0.798. The molecule has 0 spiro atoms. The molecule has 1 saturated carbocycles. The van der Waals surface area contributed by atoms with Crippen molar-refractivity contribution in [1.29, 1.82) is 0 Å². The number of hydrogen-bond donors (Lipinski definition) is 1. The molecule has 1 aromatic carbocycles. The molecule has 2 N–H and O–H groups in total. The average Bonchev–Trinajstić information content (AvgIpc) is 3.09. The van der Waals surface area contributed by atoms with Gasteiger partial charge < -0.3 is 15.0 Å². The number of nitrogens with two attached hydrogens (primary N) is 1. The first kappa shape index (κ1) is 11.8. The van der Waals surface area contributed by atoms with E-state index in [-0.39, 0.29) is 0 Å². The van der Waals surface area contributed by atoms with Gasteiger partial charge in [0, 0.05) is 12.1 Å². The largest absolute Gasteiger partial charge is 0.497 e. The summed E-state index contributed by atoms with van der Waals surface area (Å²) in [6.45, 7) is 0. The van der Waals surface area contributed by atoms with Crippen molar-refractivity contribution in [3.05, 3.63) is 30.3 Å². The summed E-state index contributed by atoms with van der Waals surface area (Å²) in [5.41, 5.74) is 8.02. The lowest BCUT2D eigenvalue weighted by Gasteiger charge is -2.06. The first-order valence-electron chi connectivity index (χ1n) is 6.68. The van der Waals surface area contributed by atoms with Crippen LogP contribution in [0.4, 0.5) is 5.00 Å². The van der Waals surface area contributed by atoms with Gasteiger partial charge in [-0.1, -0.05) is 0 Å². The molecule has 20 heavy (non-hydrogen) atoms. The van der Waals surface area contributed by atoms with E-state index in [1.165, 1.54) is 18.4 Å². The number of rotatable bonds is 3. The van der Waals surface area contributed by atoms with E-state index in [1.54, 1.807) is 18.4 Å². The van der Waals surface area contributed by atoms with Crippen LogP contribution in [-0.4, -0.2) is 16.7 Å². The van der Waals surface area contributed by atoms with E-state index in [4.69, 9.17) is 15.5 Å². The van der Waals surface area contributed by atoms with Crippen LogP contribution in [0.3, 0.4) is 0 Å². The second-order valence-corrected chi connectivity index (χ2v) is 6.21. The summed E-state index contributed by atoms with van der Waals surface area (Å²) < 4.78 is 7.64. The molecule has 1 fully saturated rings. The number of methoxy groups -OCH3 is 1. The fraction of sp³-hybridized carbons (Fsp3) is 0.267. The van der Waals surface area contributed by atoms with Crippen LogP contribution >= 0.6 is 11.3 Å². The molecule has 1 aliphatic carbocycles. The lowest BCUT2D eigenvalue weighted by atomic mass is 10.3. The molecule has 0 unspecified atom stereocenters. The molecular formula is C15H15N3OS. The number of hydrogen-bond acceptors (Lipinski definition) is 4. The van der Waals surface area contributed by atoms with E-state index < -0.39 is 0 Å². The van der Waals surface area contributed by atoms with Crippen LogP contribution in [0.5, 0.6) is 5.75 Å². The standard InChI is InChI=1S/C15H15N3OS/c1-19-10-4-5-12-11(8-10)17-15(18(12)9-2-3-9)13-6-7-14(16)20-13/h4-9H,2-3,16H2,1H3. The Morgan fingerprint density at radius 1 is 1.30 bits per heavy atom. The Hall–Kier alpha value is -2.01. The summed E-state index contributed by atoms with van der Waals surface area (Å²) in [4.78, 5) is 5.93. The maximum Gasteiger partial charge on any atom is 0.151 e. The van der Waals surface area contributed by atoms with Gasteiger partial charge in [-0.25, -0.2) is 4.98 Å². The van der Waals surface area contributed by atoms with Gasteiger partial charge in [-0.15, -0.1) is 11.3 Å². The number of anilines is 1. The zero-order valence-electron chi connectivity index (χ0n) is 11.2. The summed E-state index contributed by atoms with van der Waals surface area (Å²) >= 11 is 1.59. The number of benzene rings is 1. The number of aromatic nitrogens is 2. The Bertz CT molecular complexity index is 786. The molecule has 1 aliphatic rings. The minimum Gasteiger partial charge on any atom is -0.497 e. The van der Waals surface area contributed by atoms with Crippen molar-refractivity contribution >= 4 is 27.4 Å². The highest BCUT2D eigenvalue weighted by Crippen LogP contribution is 2.43. The summed E-state index contributed by atoms with van der Waals surface area (Å²) in [5, 5.41) is 0.826. The molecule has 2 heterocycles. The smallest absolute Gasteiger partial charge is 0.151 e. The lowest BCUT2D eigenvalue weighted by molar-refractivity contribution is 0.415. The highest BCUT2D eigenvalue weighted by Gasteiger charge is 2.29. The van der Waals surface area contributed by atoms with Gasteiger partial charge in [-0.2, -0.15) is 0 Å². The van der Waals surface area contributed by atoms with E-state index in [1.807, 2.05) is 18.2 Å². The molecule has 0 aliphatic heterocycles. The van der Waals surface area contributed by atoms with Crippen LogP contribution in [0.2, 0.25) is 0 Å². The second kappa shape index (κ2) is 4.24. The van der Waals surface area contributed by atoms with Crippen molar-refractivity contribution in [2.24, 2.45) is 0 Å². The summed E-state index contributed by atoms with van der Waals surface area (Å²) in [6.07, 6.45) is 2.46. The SMILES string of the molecule is COc1ccc2c(c1)nc(-c1ccc(N)s1)n2C1CC1. The number of imidazole rings is 1. The maximum absolute atomic E-state index is 5.86. The van der Waals surface area contributed by atoms with E-state index in [0.717, 1.165) is 27.0 Å². The first-order valence-corrected chi connectivity index (χ1v) is 7.49. The Labute approximate surface area is 120 Å². The second-order valence-electron chi connectivity index (χ2n) is 5.09. The molecular weight excluding hydrogens is 270 g/mol. The monoisotopic (exact) mass is 285 g/mol. The van der Waals surface area contributed by atoms with Crippen LogP contribution in [0.25, 0.3) is 21.7 Å². The number of thiophene rings is 1. The third kappa shape index (κ3) is 1.78. The van der Waals surface area contributed by atoms with Crippen LogP contribution in [0.1, 0.15) is 18.9 Å². The van der Waals surface area contributed by atoms with Gasteiger partial charge >= 0.3 is 0 Å². The van der Waals surface area contributed by atoms with Crippen LogP contribution in [-0.2, 0) is 0 Å². The molecule has 4 rings (SSSR count). The number of ether oxygens (including phenoxy) is 1. The van der Waals surface area contributed by atoms with Crippen LogP contribution < -0.4 is 10.5 Å². The zero-order valence-corrected chi connectivity index (χ0v) is 12.0. The molecule has 0 amide bonds. The zero-order chi connectivity index (χ0) is 13.7. The van der Waals surface area contributed by atoms with E-state index >= 15 is 0 Å². The van der Waals surface area contributed by atoms with Crippen molar-refractivity contribution in [1.82, 2.24) is 9.55 Å². The Morgan fingerprint density at radius 2 is 2.15 bits per heavy atom. The number of fused-ring (bicyclic) bond motifs is 1. The Balaban J connectivity index is 1.96. The van der Waals surface area contributed by atoms with Crippen LogP contribution in [0, 0.1) is 0 Å². The van der Waals surface area contributed by atoms with Gasteiger partial charge in [-0.3, -0.25) is 0 Å². The van der Waals surface area contributed by atoms with Crippen molar-refractivity contribution in [3.8, 4) is 16.5 Å². The van der Waals surface area contributed by atoms with E-state index in [9.17, 15) is 0 Å². The molecule has 0 bridgehead atoms. The molecule has 0 saturated heterocycles. The minimum atomic E-state index is 0.576. The first-order chi connectivity index (χ1) is 9.76. The maximum atomic E-state index is 5.86.